The molecule has 0 bridgehead atoms. The molecular formula is C21H28N2O2. The quantitative estimate of drug-likeness (QED) is 0.759. The van der Waals surface area contributed by atoms with Crippen LogP contribution in [-0.2, 0) is 0 Å². The summed E-state index contributed by atoms with van der Waals surface area (Å²) in [6.07, 6.45) is 6.63. The van der Waals surface area contributed by atoms with Crippen LogP contribution in [0.15, 0.2) is 34.9 Å². The van der Waals surface area contributed by atoms with E-state index in [1.165, 1.54) is 37.7 Å². The number of benzene rings is 1. The van der Waals surface area contributed by atoms with Gasteiger partial charge in [-0.2, -0.15) is 0 Å². The van der Waals surface area contributed by atoms with Crippen LogP contribution in [0, 0.1) is 5.92 Å². The first kappa shape index (κ1) is 17.7. The van der Waals surface area contributed by atoms with E-state index in [9.17, 15) is 4.79 Å². The third-order valence-electron chi connectivity index (χ3n) is 4.99. The molecule has 1 aromatic carbocycles. The third-order valence-corrected chi connectivity index (χ3v) is 4.99. The minimum atomic E-state index is -0.0949. The average Bonchev–Trinajstić information content (AvgIpc) is 3.11. The van der Waals surface area contributed by atoms with Crippen LogP contribution in [-0.4, -0.2) is 29.6 Å². The lowest BCUT2D eigenvalue weighted by atomic mass is 9.84. The molecule has 134 valence electrons. The molecular weight excluding hydrogens is 312 g/mol. The lowest BCUT2D eigenvalue weighted by Gasteiger charge is -2.21. The Hall–Kier alpha value is -2.10. The topological polar surface area (TPSA) is 46.3 Å². The van der Waals surface area contributed by atoms with E-state index in [0.717, 1.165) is 5.56 Å². The molecule has 4 heteroatoms. The Labute approximate surface area is 150 Å². The zero-order valence-corrected chi connectivity index (χ0v) is 15.5. The van der Waals surface area contributed by atoms with Gasteiger partial charge in [0.1, 0.15) is 0 Å². The molecule has 25 heavy (non-hydrogen) atoms. The molecule has 2 aromatic rings. The first-order chi connectivity index (χ1) is 12.0. The van der Waals surface area contributed by atoms with Crippen LogP contribution in [0.2, 0.25) is 0 Å². The summed E-state index contributed by atoms with van der Waals surface area (Å²) in [5.74, 6) is 1.67. The number of carbonyl (C=O) groups is 1. The number of hydrogen-bond donors (Lipinski definition) is 0. The Balaban J connectivity index is 1.70. The largest absolute Gasteiger partial charge is 0.355 e. The summed E-state index contributed by atoms with van der Waals surface area (Å²) in [6, 6.07) is 10.3. The fourth-order valence-electron chi connectivity index (χ4n) is 3.69. The lowest BCUT2D eigenvalue weighted by molar-refractivity contribution is 0.0769. The average molecular weight is 340 g/mol. The van der Waals surface area contributed by atoms with Crippen LogP contribution in [0.5, 0.6) is 0 Å². The van der Waals surface area contributed by atoms with Gasteiger partial charge in [0.05, 0.1) is 0 Å². The number of nitrogens with zero attached hydrogens (tertiary/aromatic N) is 2. The van der Waals surface area contributed by atoms with Crippen molar-refractivity contribution >= 4 is 5.91 Å². The van der Waals surface area contributed by atoms with Gasteiger partial charge in [-0.15, -0.1) is 0 Å². The lowest BCUT2D eigenvalue weighted by Crippen LogP contribution is -2.30. The van der Waals surface area contributed by atoms with Crippen LogP contribution in [0.25, 0.3) is 11.3 Å². The molecule has 0 radical (unpaired) electrons. The molecule has 1 aromatic heterocycles. The SMILES string of the molecule is CC(C)CN(C)C(=O)c1cc(-c2ccc(C3CCCCC3)cc2)on1. The normalized spacial score (nSPS) is 15.5. The first-order valence-corrected chi connectivity index (χ1v) is 9.37. The van der Waals surface area contributed by atoms with Gasteiger partial charge >= 0.3 is 0 Å². The van der Waals surface area contributed by atoms with Gasteiger partial charge in [0.15, 0.2) is 11.5 Å². The van der Waals surface area contributed by atoms with Crippen LogP contribution >= 0.6 is 0 Å². The monoisotopic (exact) mass is 340 g/mol. The number of rotatable bonds is 5. The third kappa shape index (κ3) is 4.30. The summed E-state index contributed by atoms with van der Waals surface area (Å²) in [6.45, 7) is 4.88. The highest BCUT2D eigenvalue weighted by atomic mass is 16.5. The molecule has 0 aliphatic heterocycles. The van der Waals surface area contributed by atoms with Crippen LogP contribution in [0.4, 0.5) is 0 Å². The maximum Gasteiger partial charge on any atom is 0.275 e. The summed E-state index contributed by atoms with van der Waals surface area (Å²) in [5, 5.41) is 3.97. The molecule has 1 aliphatic rings. The van der Waals surface area contributed by atoms with E-state index >= 15 is 0 Å². The number of hydrogen-bond acceptors (Lipinski definition) is 3. The predicted molar refractivity (Wildman–Crippen MR) is 99.6 cm³/mol. The minimum Gasteiger partial charge on any atom is -0.355 e. The van der Waals surface area contributed by atoms with Crippen molar-refractivity contribution in [3.05, 3.63) is 41.6 Å². The fraction of sp³-hybridized carbons (Fsp3) is 0.524. The number of carbonyl (C=O) groups excluding carboxylic acids is 1. The van der Waals surface area contributed by atoms with E-state index in [4.69, 9.17) is 4.52 Å². The second-order valence-corrected chi connectivity index (χ2v) is 7.61. The molecule has 0 saturated heterocycles. The maximum atomic E-state index is 12.4. The van der Waals surface area contributed by atoms with Gasteiger partial charge < -0.3 is 9.42 Å². The molecule has 1 saturated carbocycles. The summed E-state index contributed by atoms with van der Waals surface area (Å²) in [7, 11) is 1.80. The van der Waals surface area contributed by atoms with E-state index in [1.54, 1.807) is 18.0 Å². The molecule has 1 amide bonds. The van der Waals surface area contributed by atoms with Gasteiger partial charge in [-0.3, -0.25) is 4.79 Å². The highest BCUT2D eigenvalue weighted by Crippen LogP contribution is 2.33. The van der Waals surface area contributed by atoms with Crippen LogP contribution in [0.1, 0.15) is 67.9 Å². The van der Waals surface area contributed by atoms with Crippen molar-refractivity contribution in [2.75, 3.05) is 13.6 Å². The van der Waals surface area contributed by atoms with Crippen molar-refractivity contribution in [1.82, 2.24) is 10.1 Å². The molecule has 1 fully saturated rings. The van der Waals surface area contributed by atoms with E-state index in [1.807, 2.05) is 0 Å². The molecule has 0 unspecified atom stereocenters. The molecule has 1 heterocycles. The fourth-order valence-corrected chi connectivity index (χ4v) is 3.69. The highest BCUT2D eigenvalue weighted by Gasteiger charge is 2.19. The van der Waals surface area contributed by atoms with Gasteiger partial charge in [-0.1, -0.05) is 62.5 Å². The van der Waals surface area contributed by atoms with Crippen molar-refractivity contribution in [3.8, 4) is 11.3 Å². The van der Waals surface area contributed by atoms with Gasteiger partial charge in [0.2, 0.25) is 0 Å². The summed E-state index contributed by atoms with van der Waals surface area (Å²) >= 11 is 0. The van der Waals surface area contributed by atoms with E-state index in [0.29, 0.717) is 29.8 Å². The number of aromatic nitrogens is 1. The Morgan fingerprint density at radius 2 is 1.88 bits per heavy atom. The second kappa shape index (κ2) is 7.85. The smallest absolute Gasteiger partial charge is 0.275 e. The Morgan fingerprint density at radius 3 is 2.52 bits per heavy atom. The van der Waals surface area contributed by atoms with Crippen LogP contribution < -0.4 is 0 Å². The predicted octanol–water partition coefficient (Wildman–Crippen LogP) is 5.12. The van der Waals surface area contributed by atoms with Gasteiger partial charge in [-0.05, 0) is 30.2 Å². The Morgan fingerprint density at radius 1 is 1.20 bits per heavy atom. The maximum absolute atomic E-state index is 12.4. The van der Waals surface area contributed by atoms with Gasteiger partial charge in [-0.25, -0.2) is 0 Å². The van der Waals surface area contributed by atoms with Crippen molar-refractivity contribution < 1.29 is 9.32 Å². The zero-order chi connectivity index (χ0) is 17.8. The summed E-state index contributed by atoms with van der Waals surface area (Å²) < 4.78 is 5.41. The van der Waals surface area contributed by atoms with Crippen molar-refractivity contribution in [3.63, 3.8) is 0 Å². The summed E-state index contributed by atoms with van der Waals surface area (Å²) in [5.41, 5.74) is 2.75. The number of amides is 1. The zero-order valence-electron chi connectivity index (χ0n) is 15.5. The van der Waals surface area contributed by atoms with E-state index in [-0.39, 0.29) is 5.91 Å². The van der Waals surface area contributed by atoms with Crippen molar-refractivity contribution in [1.29, 1.82) is 0 Å². The van der Waals surface area contributed by atoms with Crippen molar-refractivity contribution in [2.24, 2.45) is 5.92 Å². The van der Waals surface area contributed by atoms with E-state index < -0.39 is 0 Å². The summed E-state index contributed by atoms with van der Waals surface area (Å²) in [4.78, 5) is 14.1. The van der Waals surface area contributed by atoms with Crippen LogP contribution in [0.3, 0.4) is 0 Å². The standard InChI is InChI=1S/C21H28N2O2/c1-15(2)14-23(3)21(24)19-13-20(25-22-19)18-11-9-17(10-12-18)16-7-5-4-6-8-16/h9-13,15-16H,4-8,14H2,1-3H3. The van der Waals surface area contributed by atoms with Gasteiger partial charge in [0.25, 0.3) is 5.91 Å². The van der Waals surface area contributed by atoms with Crippen molar-refractivity contribution in [2.45, 2.75) is 51.9 Å². The molecule has 3 rings (SSSR count). The van der Waals surface area contributed by atoms with Gasteiger partial charge in [0, 0.05) is 25.2 Å². The minimum absolute atomic E-state index is 0.0949. The second-order valence-electron chi connectivity index (χ2n) is 7.61. The molecule has 0 N–H and O–H groups in total. The highest BCUT2D eigenvalue weighted by molar-refractivity contribution is 5.92. The molecule has 0 atom stereocenters. The molecule has 1 aliphatic carbocycles. The van der Waals surface area contributed by atoms with E-state index in [2.05, 4.69) is 43.3 Å². The Bertz CT molecular complexity index is 697. The molecule has 4 nitrogen and oxygen atoms in total. The Kier molecular flexibility index (Phi) is 5.57. The first-order valence-electron chi connectivity index (χ1n) is 9.37. The molecule has 0 spiro atoms.